The molecule has 1 atom stereocenters. The van der Waals surface area contributed by atoms with Gasteiger partial charge >= 0.3 is 0 Å². The molecule has 3 rings (SSSR count). The first-order valence-corrected chi connectivity index (χ1v) is 6.54. The summed E-state index contributed by atoms with van der Waals surface area (Å²) < 4.78 is 7.06. The van der Waals surface area contributed by atoms with E-state index in [9.17, 15) is 5.11 Å². The molecule has 0 saturated heterocycles. The van der Waals surface area contributed by atoms with Gasteiger partial charge in [0.1, 0.15) is 11.4 Å². The van der Waals surface area contributed by atoms with Crippen molar-refractivity contribution in [3.05, 3.63) is 28.2 Å². The smallest absolute Gasteiger partial charge is 0.126 e. The summed E-state index contributed by atoms with van der Waals surface area (Å²) in [5.41, 5.74) is 0.833. The lowest BCUT2D eigenvalue weighted by molar-refractivity contribution is -0.0925. The Balaban J connectivity index is 1.94. The SMILES string of the molecule is CC1CC2(C1)C[C@@H](O)c1cc(Br)ccc1O2. The van der Waals surface area contributed by atoms with Gasteiger partial charge in [-0.25, -0.2) is 0 Å². The van der Waals surface area contributed by atoms with Crippen molar-refractivity contribution in [2.24, 2.45) is 5.92 Å². The second-order valence-electron chi connectivity index (χ2n) is 5.20. The molecule has 1 aromatic rings. The summed E-state index contributed by atoms with van der Waals surface area (Å²) >= 11 is 3.42. The highest BCUT2D eigenvalue weighted by Crippen LogP contribution is 2.51. The third-order valence-electron chi connectivity index (χ3n) is 3.66. The van der Waals surface area contributed by atoms with Crippen molar-refractivity contribution >= 4 is 15.9 Å². The van der Waals surface area contributed by atoms with E-state index in [1.807, 2.05) is 18.2 Å². The molecule has 2 nitrogen and oxygen atoms in total. The van der Waals surface area contributed by atoms with E-state index in [4.69, 9.17) is 4.74 Å². The fourth-order valence-corrected chi connectivity index (χ4v) is 3.45. The summed E-state index contributed by atoms with van der Waals surface area (Å²) in [5.74, 6) is 1.58. The van der Waals surface area contributed by atoms with E-state index in [1.54, 1.807) is 0 Å². The van der Waals surface area contributed by atoms with Crippen LogP contribution in [0.5, 0.6) is 5.75 Å². The van der Waals surface area contributed by atoms with Crippen LogP contribution in [0, 0.1) is 5.92 Å². The maximum Gasteiger partial charge on any atom is 0.126 e. The Hall–Kier alpha value is -0.540. The van der Waals surface area contributed by atoms with Crippen LogP contribution in [0.25, 0.3) is 0 Å². The predicted molar refractivity (Wildman–Crippen MR) is 65.5 cm³/mol. The molecule has 3 heteroatoms. The largest absolute Gasteiger partial charge is 0.487 e. The van der Waals surface area contributed by atoms with Crippen molar-refractivity contribution in [1.82, 2.24) is 0 Å². The van der Waals surface area contributed by atoms with E-state index in [0.29, 0.717) is 0 Å². The zero-order valence-electron chi connectivity index (χ0n) is 9.24. The monoisotopic (exact) mass is 282 g/mol. The van der Waals surface area contributed by atoms with Gasteiger partial charge in [0.05, 0.1) is 6.10 Å². The van der Waals surface area contributed by atoms with Crippen LogP contribution in [-0.4, -0.2) is 10.7 Å². The zero-order chi connectivity index (χ0) is 11.3. The second kappa shape index (κ2) is 3.47. The number of hydrogen-bond acceptors (Lipinski definition) is 2. The lowest BCUT2D eigenvalue weighted by Crippen LogP contribution is -2.51. The summed E-state index contributed by atoms with van der Waals surface area (Å²) in [7, 11) is 0. The predicted octanol–water partition coefficient (Wildman–Crippen LogP) is 3.43. The van der Waals surface area contributed by atoms with Gasteiger partial charge in [-0.3, -0.25) is 0 Å². The van der Waals surface area contributed by atoms with Crippen LogP contribution in [0.3, 0.4) is 0 Å². The Labute approximate surface area is 104 Å². The van der Waals surface area contributed by atoms with Crippen LogP contribution in [0.4, 0.5) is 0 Å². The third-order valence-corrected chi connectivity index (χ3v) is 4.16. The molecule has 1 fully saturated rings. The number of aliphatic hydroxyl groups excluding tert-OH is 1. The van der Waals surface area contributed by atoms with E-state index in [2.05, 4.69) is 22.9 Å². The summed E-state index contributed by atoms with van der Waals surface area (Å²) in [6, 6.07) is 5.87. The van der Waals surface area contributed by atoms with Crippen LogP contribution in [0.15, 0.2) is 22.7 Å². The Bertz CT molecular complexity index is 424. The van der Waals surface area contributed by atoms with Crippen LogP contribution < -0.4 is 4.74 Å². The van der Waals surface area contributed by atoms with E-state index < -0.39 is 0 Å². The number of hydrogen-bond donors (Lipinski definition) is 1. The Morgan fingerprint density at radius 2 is 2.12 bits per heavy atom. The molecule has 0 radical (unpaired) electrons. The molecular formula is C13H15BrO2. The highest BCUT2D eigenvalue weighted by Gasteiger charge is 2.48. The molecule has 0 unspecified atom stereocenters. The maximum absolute atomic E-state index is 10.2. The molecule has 1 N–H and O–H groups in total. The number of fused-ring (bicyclic) bond motifs is 1. The van der Waals surface area contributed by atoms with Crippen LogP contribution in [-0.2, 0) is 0 Å². The number of halogens is 1. The number of ether oxygens (including phenoxy) is 1. The summed E-state index contributed by atoms with van der Waals surface area (Å²) in [5, 5.41) is 10.2. The van der Waals surface area contributed by atoms with Crippen molar-refractivity contribution in [2.45, 2.75) is 37.9 Å². The van der Waals surface area contributed by atoms with E-state index in [0.717, 1.165) is 41.0 Å². The molecule has 1 aliphatic carbocycles. The molecule has 0 amide bonds. The van der Waals surface area contributed by atoms with E-state index in [1.165, 1.54) is 0 Å². The average molecular weight is 283 g/mol. The standard InChI is InChI=1S/C13H15BrO2/c1-8-5-13(6-8)7-11(15)10-4-9(14)2-3-12(10)16-13/h2-4,8,11,15H,5-7H2,1H3/t8?,11-,13?/m1/s1. The quantitative estimate of drug-likeness (QED) is 0.790. The van der Waals surface area contributed by atoms with E-state index in [-0.39, 0.29) is 11.7 Å². The first-order valence-electron chi connectivity index (χ1n) is 5.74. The molecule has 86 valence electrons. The molecule has 0 bridgehead atoms. The fourth-order valence-electron chi connectivity index (χ4n) is 3.07. The zero-order valence-corrected chi connectivity index (χ0v) is 10.8. The number of aliphatic hydroxyl groups is 1. The summed E-state index contributed by atoms with van der Waals surface area (Å²) in [4.78, 5) is 0. The van der Waals surface area contributed by atoms with Gasteiger partial charge in [0, 0.05) is 16.5 Å². The van der Waals surface area contributed by atoms with Crippen molar-refractivity contribution in [3.63, 3.8) is 0 Å². The normalized spacial score (nSPS) is 36.4. The Morgan fingerprint density at radius 3 is 2.81 bits per heavy atom. The van der Waals surface area contributed by atoms with Crippen LogP contribution in [0.2, 0.25) is 0 Å². The third kappa shape index (κ3) is 1.57. The Morgan fingerprint density at radius 1 is 1.38 bits per heavy atom. The maximum atomic E-state index is 10.2. The molecule has 1 aromatic carbocycles. The highest BCUT2D eigenvalue weighted by molar-refractivity contribution is 9.10. The molecule has 0 aromatic heterocycles. The van der Waals surface area contributed by atoms with Gasteiger partial charge in [-0.15, -0.1) is 0 Å². The van der Waals surface area contributed by atoms with Crippen molar-refractivity contribution in [3.8, 4) is 5.75 Å². The molecule has 1 saturated carbocycles. The van der Waals surface area contributed by atoms with Gasteiger partial charge in [-0.2, -0.15) is 0 Å². The molecule has 1 spiro atoms. The first kappa shape index (κ1) is 10.6. The average Bonchev–Trinajstić information content (AvgIpc) is 2.17. The Kier molecular flexibility index (Phi) is 2.30. The summed E-state index contributed by atoms with van der Waals surface area (Å²) in [6.45, 7) is 2.23. The van der Waals surface area contributed by atoms with Crippen molar-refractivity contribution < 1.29 is 9.84 Å². The van der Waals surface area contributed by atoms with E-state index >= 15 is 0 Å². The van der Waals surface area contributed by atoms with Gasteiger partial charge < -0.3 is 9.84 Å². The minimum atomic E-state index is -0.381. The summed E-state index contributed by atoms with van der Waals surface area (Å²) in [6.07, 6.45) is 2.49. The molecule has 16 heavy (non-hydrogen) atoms. The first-order chi connectivity index (χ1) is 7.58. The number of benzene rings is 1. The second-order valence-corrected chi connectivity index (χ2v) is 6.12. The minimum absolute atomic E-state index is 0.0837. The lowest BCUT2D eigenvalue weighted by Gasteiger charge is -2.50. The van der Waals surface area contributed by atoms with Gasteiger partial charge in [-0.1, -0.05) is 22.9 Å². The molecule has 1 heterocycles. The van der Waals surface area contributed by atoms with Gasteiger partial charge in [0.15, 0.2) is 0 Å². The highest BCUT2D eigenvalue weighted by atomic mass is 79.9. The topological polar surface area (TPSA) is 29.5 Å². The fraction of sp³-hybridized carbons (Fsp3) is 0.538. The van der Waals surface area contributed by atoms with Crippen molar-refractivity contribution in [1.29, 1.82) is 0 Å². The van der Waals surface area contributed by atoms with Gasteiger partial charge in [-0.05, 0) is 37.0 Å². The molecule has 1 aliphatic heterocycles. The molecule has 2 aliphatic rings. The van der Waals surface area contributed by atoms with Crippen LogP contribution >= 0.6 is 15.9 Å². The number of rotatable bonds is 0. The minimum Gasteiger partial charge on any atom is -0.487 e. The van der Waals surface area contributed by atoms with Crippen LogP contribution in [0.1, 0.15) is 37.9 Å². The lowest BCUT2D eigenvalue weighted by atomic mass is 9.67. The van der Waals surface area contributed by atoms with Gasteiger partial charge in [0.2, 0.25) is 0 Å². The van der Waals surface area contributed by atoms with Gasteiger partial charge in [0.25, 0.3) is 0 Å². The van der Waals surface area contributed by atoms with Crippen molar-refractivity contribution in [2.75, 3.05) is 0 Å². The molecular weight excluding hydrogens is 268 g/mol.